The van der Waals surface area contributed by atoms with Gasteiger partial charge in [-0.05, 0) is 69.9 Å². The summed E-state index contributed by atoms with van der Waals surface area (Å²) in [7, 11) is 0. The summed E-state index contributed by atoms with van der Waals surface area (Å²) in [6.07, 6.45) is 7.71. The minimum Gasteiger partial charge on any atom is -0.465 e. The fourth-order valence-corrected chi connectivity index (χ4v) is 6.79. The molecule has 4 rings (SSSR count). The van der Waals surface area contributed by atoms with Crippen LogP contribution >= 0.6 is 0 Å². The summed E-state index contributed by atoms with van der Waals surface area (Å²) >= 11 is 0. The molecule has 1 aromatic carbocycles. The number of carbonyl (C=O) groups is 3. The van der Waals surface area contributed by atoms with Crippen LogP contribution in [0.15, 0.2) is 43.5 Å². The summed E-state index contributed by atoms with van der Waals surface area (Å²) in [4.78, 5) is 45.2. The number of rotatable bonds is 14. The van der Waals surface area contributed by atoms with E-state index in [1.807, 2.05) is 38.1 Å². The van der Waals surface area contributed by atoms with Crippen molar-refractivity contribution in [3.05, 3.63) is 54.6 Å². The van der Waals surface area contributed by atoms with E-state index in [0.29, 0.717) is 32.2 Å². The minimum atomic E-state index is -1.08. The SMILES string of the molecule is C=CCCCCOC(=O)[C@@H]1[C@H]2C(=O)N(CCCCO)C(C(=O)N(CC=C)c3c(C)cccc3C)C23CC[C@H]1O3. The Morgan fingerprint density at radius 2 is 1.92 bits per heavy atom. The van der Waals surface area contributed by atoms with E-state index in [4.69, 9.17) is 9.47 Å². The zero-order valence-electron chi connectivity index (χ0n) is 23.3. The molecule has 3 fully saturated rings. The molecule has 1 spiro atoms. The Morgan fingerprint density at radius 1 is 1.18 bits per heavy atom. The Balaban J connectivity index is 1.68. The number of unbranched alkanes of at least 4 members (excludes halogenated alkanes) is 3. The molecule has 2 amide bonds. The minimum absolute atomic E-state index is 0.000409. The van der Waals surface area contributed by atoms with Crippen molar-refractivity contribution >= 4 is 23.5 Å². The Bertz CT molecular complexity index is 1080. The highest BCUT2D eigenvalue weighted by Gasteiger charge is 2.75. The normalized spacial score (nSPS) is 26.9. The van der Waals surface area contributed by atoms with E-state index < -0.39 is 35.6 Å². The number of likely N-dealkylation sites (tertiary alicyclic amines) is 1. The molecule has 3 aliphatic rings. The molecule has 0 aliphatic carbocycles. The van der Waals surface area contributed by atoms with Gasteiger partial charge in [0.25, 0.3) is 5.91 Å². The average molecular weight is 539 g/mol. The topological polar surface area (TPSA) is 96.4 Å². The third-order valence-corrected chi connectivity index (χ3v) is 8.45. The fourth-order valence-electron chi connectivity index (χ4n) is 6.79. The lowest BCUT2D eigenvalue weighted by Crippen LogP contribution is -2.56. The molecular weight excluding hydrogens is 496 g/mol. The first-order chi connectivity index (χ1) is 18.8. The van der Waals surface area contributed by atoms with Crippen molar-refractivity contribution in [3.63, 3.8) is 0 Å². The molecular formula is C31H42N2O6. The van der Waals surface area contributed by atoms with E-state index in [0.717, 1.165) is 36.1 Å². The van der Waals surface area contributed by atoms with Crippen molar-refractivity contribution in [1.29, 1.82) is 0 Å². The van der Waals surface area contributed by atoms with Gasteiger partial charge in [0.1, 0.15) is 11.6 Å². The molecule has 3 heterocycles. The first kappa shape index (κ1) is 29.0. The van der Waals surface area contributed by atoms with Crippen molar-refractivity contribution in [2.45, 2.75) is 76.5 Å². The maximum atomic E-state index is 14.5. The van der Waals surface area contributed by atoms with Crippen molar-refractivity contribution in [2.75, 3.05) is 31.2 Å². The molecule has 0 radical (unpaired) electrons. The fraction of sp³-hybridized carbons (Fsp3) is 0.581. The summed E-state index contributed by atoms with van der Waals surface area (Å²) in [5.41, 5.74) is 1.61. The predicted octanol–water partition coefficient (Wildman–Crippen LogP) is 3.87. The monoisotopic (exact) mass is 538 g/mol. The average Bonchev–Trinajstić information content (AvgIpc) is 3.55. The summed E-state index contributed by atoms with van der Waals surface area (Å²) in [6, 6.07) is 5.01. The smallest absolute Gasteiger partial charge is 0.312 e. The number of allylic oxidation sites excluding steroid dienone is 1. The number of benzene rings is 1. The quantitative estimate of drug-likeness (QED) is 0.220. The number of aliphatic hydroxyl groups excluding tert-OH is 1. The van der Waals surface area contributed by atoms with Crippen molar-refractivity contribution < 1.29 is 29.0 Å². The number of aryl methyl sites for hydroxylation is 2. The molecule has 5 atom stereocenters. The molecule has 8 heteroatoms. The largest absolute Gasteiger partial charge is 0.465 e. The number of nitrogens with zero attached hydrogens (tertiary/aromatic N) is 2. The van der Waals surface area contributed by atoms with Crippen LogP contribution in [0.5, 0.6) is 0 Å². The number of fused-ring (bicyclic) bond motifs is 1. The molecule has 0 aromatic heterocycles. The summed E-state index contributed by atoms with van der Waals surface area (Å²) in [6.45, 7) is 12.4. The van der Waals surface area contributed by atoms with E-state index in [1.165, 1.54) is 0 Å². The summed E-state index contributed by atoms with van der Waals surface area (Å²) in [5.74, 6) is -2.37. The van der Waals surface area contributed by atoms with Crippen LogP contribution in [-0.4, -0.2) is 71.8 Å². The van der Waals surface area contributed by atoms with Gasteiger partial charge >= 0.3 is 5.97 Å². The highest BCUT2D eigenvalue weighted by atomic mass is 16.6. The number of ether oxygens (including phenoxy) is 2. The Hall–Kier alpha value is -2.97. The van der Waals surface area contributed by atoms with Crippen LogP contribution in [0.3, 0.4) is 0 Å². The molecule has 8 nitrogen and oxygen atoms in total. The molecule has 2 bridgehead atoms. The predicted molar refractivity (Wildman–Crippen MR) is 149 cm³/mol. The number of esters is 1. The van der Waals surface area contributed by atoms with Crippen LogP contribution in [-0.2, 0) is 23.9 Å². The van der Waals surface area contributed by atoms with Crippen LogP contribution in [0, 0.1) is 25.7 Å². The summed E-state index contributed by atoms with van der Waals surface area (Å²) < 4.78 is 12.2. The molecule has 3 saturated heterocycles. The van der Waals surface area contributed by atoms with Gasteiger partial charge in [-0.15, -0.1) is 13.2 Å². The number of aliphatic hydroxyl groups is 1. The number of para-hydroxylation sites is 1. The van der Waals surface area contributed by atoms with Gasteiger partial charge in [-0.3, -0.25) is 14.4 Å². The van der Waals surface area contributed by atoms with Gasteiger partial charge < -0.3 is 24.4 Å². The molecule has 1 aromatic rings. The number of hydrogen-bond donors (Lipinski definition) is 1. The van der Waals surface area contributed by atoms with Gasteiger partial charge in [-0.2, -0.15) is 0 Å². The van der Waals surface area contributed by atoms with Crippen LogP contribution in [0.4, 0.5) is 5.69 Å². The van der Waals surface area contributed by atoms with Crippen LogP contribution in [0.2, 0.25) is 0 Å². The van der Waals surface area contributed by atoms with Crippen molar-refractivity contribution in [3.8, 4) is 0 Å². The van der Waals surface area contributed by atoms with Crippen molar-refractivity contribution in [2.24, 2.45) is 11.8 Å². The van der Waals surface area contributed by atoms with Gasteiger partial charge in [0.15, 0.2) is 0 Å². The van der Waals surface area contributed by atoms with E-state index in [9.17, 15) is 19.5 Å². The highest BCUT2D eigenvalue weighted by molar-refractivity contribution is 6.05. The standard InChI is InChI=1S/C31H42N2O6/c1-5-7-8-11-20-38-30(37)24-23-15-16-31(39-23)25(24)28(35)33(18-9-10-19-34)27(31)29(36)32(17-6-2)26-21(3)13-12-14-22(26)4/h5-6,12-14,23-25,27,34H,1-2,7-11,15-20H2,3-4H3/t23-,24+,25+,27?,31?/m1/s1. The maximum absolute atomic E-state index is 14.5. The molecule has 0 saturated carbocycles. The number of anilines is 1. The Kier molecular flexibility index (Phi) is 9.28. The van der Waals surface area contributed by atoms with Gasteiger partial charge in [0.05, 0.1) is 24.5 Å². The number of amides is 2. The van der Waals surface area contributed by atoms with Gasteiger partial charge in [-0.1, -0.05) is 30.4 Å². The van der Waals surface area contributed by atoms with E-state index in [2.05, 4.69) is 13.2 Å². The molecule has 3 aliphatic heterocycles. The zero-order valence-corrected chi connectivity index (χ0v) is 23.3. The first-order valence-corrected chi connectivity index (χ1v) is 14.2. The lowest BCUT2D eigenvalue weighted by molar-refractivity contribution is -0.155. The lowest BCUT2D eigenvalue weighted by Gasteiger charge is -2.37. The zero-order chi connectivity index (χ0) is 28.2. The van der Waals surface area contributed by atoms with Crippen LogP contribution in [0.1, 0.15) is 56.1 Å². The molecule has 39 heavy (non-hydrogen) atoms. The Morgan fingerprint density at radius 3 is 2.59 bits per heavy atom. The van der Waals surface area contributed by atoms with Gasteiger partial charge in [0, 0.05) is 25.4 Å². The number of carbonyl (C=O) groups excluding carboxylic acids is 3. The Labute approximate surface area is 231 Å². The molecule has 212 valence electrons. The van der Waals surface area contributed by atoms with Crippen LogP contribution in [0.25, 0.3) is 0 Å². The highest BCUT2D eigenvalue weighted by Crippen LogP contribution is 2.59. The molecule has 2 unspecified atom stereocenters. The van der Waals surface area contributed by atoms with Gasteiger partial charge in [-0.25, -0.2) is 0 Å². The van der Waals surface area contributed by atoms with E-state index in [1.54, 1.807) is 15.9 Å². The lowest BCUT2D eigenvalue weighted by atomic mass is 9.70. The second kappa shape index (κ2) is 12.5. The van der Waals surface area contributed by atoms with Gasteiger partial charge in [0.2, 0.25) is 5.91 Å². The number of hydrogen-bond acceptors (Lipinski definition) is 6. The second-order valence-electron chi connectivity index (χ2n) is 10.9. The van der Waals surface area contributed by atoms with Crippen LogP contribution < -0.4 is 4.90 Å². The van der Waals surface area contributed by atoms with E-state index in [-0.39, 0.29) is 31.6 Å². The maximum Gasteiger partial charge on any atom is 0.312 e. The molecule has 1 N–H and O–H groups in total. The van der Waals surface area contributed by atoms with E-state index >= 15 is 0 Å². The third-order valence-electron chi connectivity index (χ3n) is 8.45. The first-order valence-electron chi connectivity index (χ1n) is 14.2. The third kappa shape index (κ3) is 5.29. The second-order valence-corrected chi connectivity index (χ2v) is 10.9. The van der Waals surface area contributed by atoms with Crippen molar-refractivity contribution in [1.82, 2.24) is 4.90 Å². The summed E-state index contributed by atoms with van der Waals surface area (Å²) in [5, 5.41) is 9.38.